The van der Waals surface area contributed by atoms with Gasteiger partial charge in [0.25, 0.3) is 0 Å². The van der Waals surface area contributed by atoms with E-state index in [1.807, 2.05) is 4.90 Å². The van der Waals surface area contributed by atoms with Crippen LogP contribution in [0.2, 0.25) is 0 Å². The van der Waals surface area contributed by atoms with Crippen molar-refractivity contribution in [3.63, 3.8) is 0 Å². The van der Waals surface area contributed by atoms with Crippen LogP contribution in [0.5, 0.6) is 0 Å². The normalized spacial score (nSPS) is 18.1. The van der Waals surface area contributed by atoms with Gasteiger partial charge < -0.3 is 14.9 Å². The molecule has 1 amide bonds. The van der Waals surface area contributed by atoms with Gasteiger partial charge in [0.05, 0.1) is 0 Å². The van der Waals surface area contributed by atoms with Crippen molar-refractivity contribution in [1.29, 1.82) is 0 Å². The molecule has 1 N–H and O–H groups in total. The molecule has 1 aliphatic heterocycles. The Bertz CT molecular complexity index is 189. The maximum Gasteiger partial charge on any atom is 0.222 e. The van der Waals surface area contributed by atoms with Gasteiger partial charge in [0.15, 0.2) is 0 Å². The van der Waals surface area contributed by atoms with E-state index in [4.69, 9.17) is 5.11 Å². The summed E-state index contributed by atoms with van der Waals surface area (Å²) in [5.41, 5.74) is 0. The first-order chi connectivity index (χ1) is 7.24. The maximum absolute atomic E-state index is 11.7. The molecule has 88 valence electrons. The highest BCUT2D eigenvalue weighted by Gasteiger charge is 2.17. The number of carbonyl (C=O) groups is 1. The van der Waals surface area contributed by atoms with E-state index in [0.717, 1.165) is 45.4 Å². The summed E-state index contributed by atoms with van der Waals surface area (Å²) in [6.07, 6.45) is 3.32. The average molecular weight is 214 g/mol. The van der Waals surface area contributed by atoms with E-state index >= 15 is 0 Å². The number of likely N-dealkylation sites (N-methyl/N-ethyl adjacent to an activating group) is 1. The molecule has 0 aromatic heterocycles. The Balaban J connectivity index is 2.11. The van der Waals surface area contributed by atoms with Crippen LogP contribution < -0.4 is 0 Å². The van der Waals surface area contributed by atoms with Crippen molar-refractivity contribution in [2.45, 2.75) is 25.7 Å². The number of aliphatic hydroxyl groups excluding tert-OH is 1. The van der Waals surface area contributed by atoms with Crippen LogP contribution in [0.15, 0.2) is 0 Å². The number of piperazine rings is 1. The summed E-state index contributed by atoms with van der Waals surface area (Å²) in [5, 5.41) is 8.61. The minimum atomic E-state index is 0.239. The second-order valence-electron chi connectivity index (χ2n) is 4.22. The first-order valence-corrected chi connectivity index (χ1v) is 5.81. The van der Waals surface area contributed by atoms with Crippen molar-refractivity contribution in [2.75, 3.05) is 39.8 Å². The molecule has 4 nitrogen and oxygen atoms in total. The van der Waals surface area contributed by atoms with Crippen LogP contribution >= 0.6 is 0 Å². The van der Waals surface area contributed by atoms with Gasteiger partial charge in [-0.25, -0.2) is 0 Å². The Morgan fingerprint density at radius 1 is 1.13 bits per heavy atom. The zero-order valence-electron chi connectivity index (χ0n) is 9.61. The first-order valence-electron chi connectivity index (χ1n) is 5.81. The topological polar surface area (TPSA) is 43.8 Å². The zero-order valence-corrected chi connectivity index (χ0v) is 9.61. The van der Waals surface area contributed by atoms with E-state index in [-0.39, 0.29) is 12.5 Å². The second-order valence-corrected chi connectivity index (χ2v) is 4.22. The fourth-order valence-electron chi connectivity index (χ4n) is 1.78. The number of rotatable bonds is 5. The number of aliphatic hydroxyl groups is 1. The van der Waals surface area contributed by atoms with Crippen LogP contribution in [0.3, 0.4) is 0 Å². The molecule has 1 fully saturated rings. The predicted octanol–water partition coefficient (Wildman–Crippen LogP) is 0.313. The molecule has 0 atom stereocenters. The lowest BCUT2D eigenvalue weighted by molar-refractivity contribution is -0.132. The number of hydrogen-bond acceptors (Lipinski definition) is 3. The third kappa shape index (κ3) is 4.62. The smallest absolute Gasteiger partial charge is 0.222 e. The molecule has 0 aliphatic carbocycles. The molecule has 0 bridgehead atoms. The molecule has 1 rings (SSSR count). The summed E-state index contributed by atoms with van der Waals surface area (Å²) in [5.74, 6) is 0.279. The van der Waals surface area contributed by atoms with E-state index < -0.39 is 0 Å². The summed E-state index contributed by atoms with van der Waals surface area (Å²) >= 11 is 0. The summed E-state index contributed by atoms with van der Waals surface area (Å²) in [7, 11) is 2.09. The van der Waals surface area contributed by atoms with Gasteiger partial charge in [0.2, 0.25) is 5.91 Å². The zero-order chi connectivity index (χ0) is 11.1. The van der Waals surface area contributed by atoms with Gasteiger partial charge in [-0.3, -0.25) is 4.79 Å². The lowest BCUT2D eigenvalue weighted by atomic mass is 10.2. The van der Waals surface area contributed by atoms with Gasteiger partial charge >= 0.3 is 0 Å². The van der Waals surface area contributed by atoms with Crippen molar-refractivity contribution in [3.8, 4) is 0 Å². The molecule has 0 spiro atoms. The van der Waals surface area contributed by atoms with Crippen molar-refractivity contribution < 1.29 is 9.90 Å². The van der Waals surface area contributed by atoms with Gasteiger partial charge in [0, 0.05) is 39.2 Å². The predicted molar refractivity (Wildman–Crippen MR) is 59.6 cm³/mol. The number of nitrogens with zero attached hydrogens (tertiary/aromatic N) is 2. The highest BCUT2D eigenvalue weighted by molar-refractivity contribution is 5.76. The van der Waals surface area contributed by atoms with Gasteiger partial charge in [0.1, 0.15) is 0 Å². The van der Waals surface area contributed by atoms with Gasteiger partial charge in [-0.2, -0.15) is 0 Å². The van der Waals surface area contributed by atoms with Crippen molar-refractivity contribution in [3.05, 3.63) is 0 Å². The monoisotopic (exact) mass is 214 g/mol. The molecule has 1 heterocycles. The average Bonchev–Trinajstić information content (AvgIpc) is 2.25. The molecular formula is C11H22N2O2. The Morgan fingerprint density at radius 3 is 2.40 bits per heavy atom. The van der Waals surface area contributed by atoms with Gasteiger partial charge in [-0.05, 0) is 19.9 Å². The summed E-state index contributed by atoms with van der Waals surface area (Å²) in [4.78, 5) is 15.9. The number of carbonyl (C=O) groups excluding carboxylic acids is 1. The van der Waals surface area contributed by atoms with Crippen LogP contribution in [-0.2, 0) is 4.79 Å². The maximum atomic E-state index is 11.7. The first kappa shape index (κ1) is 12.5. The largest absolute Gasteiger partial charge is 0.396 e. The van der Waals surface area contributed by atoms with Crippen molar-refractivity contribution >= 4 is 5.91 Å². The molecular weight excluding hydrogens is 192 g/mol. The van der Waals surface area contributed by atoms with Crippen LogP contribution in [0, 0.1) is 0 Å². The summed E-state index contributed by atoms with van der Waals surface area (Å²) < 4.78 is 0. The highest BCUT2D eigenvalue weighted by atomic mass is 16.2. The van der Waals surface area contributed by atoms with E-state index in [1.165, 1.54) is 0 Å². The molecule has 0 saturated carbocycles. The third-order valence-corrected chi connectivity index (χ3v) is 2.90. The van der Waals surface area contributed by atoms with Crippen molar-refractivity contribution in [1.82, 2.24) is 9.80 Å². The van der Waals surface area contributed by atoms with E-state index in [9.17, 15) is 4.79 Å². The van der Waals surface area contributed by atoms with Gasteiger partial charge in [-0.1, -0.05) is 6.42 Å². The Hall–Kier alpha value is -0.610. The summed E-state index contributed by atoms with van der Waals surface area (Å²) in [6.45, 7) is 3.96. The Kier molecular flexibility index (Phi) is 5.65. The molecule has 0 radical (unpaired) electrons. The van der Waals surface area contributed by atoms with Crippen LogP contribution in [0.4, 0.5) is 0 Å². The van der Waals surface area contributed by atoms with Crippen LogP contribution in [0.1, 0.15) is 25.7 Å². The fraction of sp³-hybridized carbons (Fsp3) is 0.909. The molecule has 15 heavy (non-hydrogen) atoms. The third-order valence-electron chi connectivity index (χ3n) is 2.90. The lowest BCUT2D eigenvalue weighted by Gasteiger charge is -2.32. The molecule has 4 heteroatoms. The Labute approximate surface area is 91.9 Å². The standard InChI is InChI=1S/C11H22N2O2/c1-12-6-8-13(9-7-12)11(15)5-3-2-4-10-14/h14H,2-10H2,1H3. The molecule has 1 aliphatic rings. The number of unbranched alkanes of at least 4 members (excludes halogenated alkanes) is 2. The van der Waals surface area contributed by atoms with E-state index in [2.05, 4.69) is 11.9 Å². The molecule has 0 aromatic carbocycles. The quantitative estimate of drug-likeness (QED) is 0.670. The highest BCUT2D eigenvalue weighted by Crippen LogP contribution is 2.06. The fourth-order valence-corrected chi connectivity index (χ4v) is 1.78. The lowest BCUT2D eigenvalue weighted by Crippen LogP contribution is -2.47. The minimum absolute atomic E-state index is 0.239. The Morgan fingerprint density at radius 2 is 1.80 bits per heavy atom. The van der Waals surface area contributed by atoms with E-state index in [0.29, 0.717) is 6.42 Å². The number of amides is 1. The summed E-state index contributed by atoms with van der Waals surface area (Å²) in [6, 6.07) is 0. The minimum Gasteiger partial charge on any atom is -0.396 e. The van der Waals surface area contributed by atoms with E-state index in [1.54, 1.807) is 0 Å². The molecule has 0 unspecified atom stereocenters. The number of hydrogen-bond donors (Lipinski definition) is 1. The van der Waals surface area contributed by atoms with Crippen molar-refractivity contribution in [2.24, 2.45) is 0 Å². The SMILES string of the molecule is CN1CCN(C(=O)CCCCCO)CC1. The molecule has 1 saturated heterocycles. The molecule has 0 aromatic rings. The van der Waals surface area contributed by atoms with Crippen LogP contribution in [0.25, 0.3) is 0 Å². The van der Waals surface area contributed by atoms with Gasteiger partial charge in [-0.15, -0.1) is 0 Å². The second kappa shape index (κ2) is 6.80. The van der Waals surface area contributed by atoms with Crippen LogP contribution in [-0.4, -0.2) is 60.6 Å².